The topological polar surface area (TPSA) is 81.3 Å². The lowest BCUT2D eigenvalue weighted by molar-refractivity contribution is -0.255. The molecule has 0 saturated heterocycles. The van der Waals surface area contributed by atoms with Gasteiger partial charge in [-0.3, -0.25) is 10.1 Å². The summed E-state index contributed by atoms with van der Waals surface area (Å²) in [5, 5.41) is 16.3. The monoisotopic (exact) mass is 339 g/mol. The van der Waals surface area contributed by atoms with E-state index >= 15 is 0 Å². The van der Waals surface area contributed by atoms with E-state index in [1.165, 1.54) is 18.2 Å². The molecular formula is C18H15N2O3S-. The Labute approximate surface area is 145 Å². The standard InChI is InChI=1S/C18H16N2O3S/c1-12-7-9-14(17(22)23)11-15(12)19-18(24)20-16(21)10-8-13-5-3-2-4-6-13/h2-11H,1H3,(H,22,23)(H2,19,20,21,24)/p-1/b10-8+. The summed E-state index contributed by atoms with van der Waals surface area (Å²) < 4.78 is 0. The van der Waals surface area contributed by atoms with Crippen molar-refractivity contribution in [3.05, 3.63) is 71.3 Å². The summed E-state index contributed by atoms with van der Waals surface area (Å²) in [6, 6.07) is 13.9. The number of nitrogens with one attached hydrogen (secondary N) is 2. The molecule has 0 fully saturated rings. The van der Waals surface area contributed by atoms with E-state index in [4.69, 9.17) is 12.2 Å². The third kappa shape index (κ3) is 5.03. The highest BCUT2D eigenvalue weighted by Crippen LogP contribution is 2.16. The van der Waals surface area contributed by atoms with E-state index < -0.39 is 5.97 Å². The summed E-state index contributed by atoms with van der Waals surface area (Å²) in [7, 11) is 0. The molecule has 0 aromatic heterocycles. The molecule has 0 atom stereocenters. The maximum Gasteiger partial charge on any atom is 0.250 e. The normalized spacial score (nSPS) is 10.4. The number of carboxylic acids is 1. The number of carboxylic acid groups (broad SMARTS) is 1. The number of anilines is 1. The van der Waals surface area contributed by atoms with E-state index in [0.717, 1.165) is 11.1 Å². The minimum Gasteiger partial charge on any atom is -0.545 e. The molecule has 2 aromatic rings. The van der Waals surface area contributed by atoms with Gasteiger partial charge in [-0.05, 0) is 48.0 Å². The van der Waals surface area contributed by atoms with E-state index in [-0.39, 0.29) is 16.6 Å². The molecule has 2 N–H and O–H groups in total. The molecule has 0 radical (unpaired) electrons. The van der Waals surface area contributed by atoms with Crippen LogP contribution >= 0.6 is 12.2 Å². The van der Waals surface area contributed by atoms with Crippen LogP contribution in [0.3, 0.4) is 0 Å². The summed E-state index contributed by atoms with van der Waals surface area (Å²) in [4.78, 5) is 22.7. The van der Waals surface area contributed by atoms with Gasteiger partial charge in [0.15, 0.2) is 5.11 Å². The quantitative estimate of drug-likeness (QED) is 0.657. The second kappa shape index (κ2) is 8.03. The van der Waals surface area contributed by atoms with E-state index in [1.54, 1.807) is 19.1 Å². The number of hydrogen-bond donors (Lipinski definition) is 2. The van der Waals surface area contributed by atoms with Gasteiger partial charge < -0.3 is 15.2 Å². The third-order valence-corrected chi connectivity index (χ3v) is 3.39. The SMILES string of the molecule is Cc1ccc(C(=O)[O-])cc1NC(=S)NC(=O)/C=C/c1ccccc1. The molecule has 122 valence electrons. The Kier molecular flexibility index (Phi) is 5.81. The van der Waals surface area contributed by atoms with Gasteiger partial charge in [0.05, 0.1) is 5.97 Å². The Morgan fingerprint density at radius 3 is 2.50 bits per heavy atom. The van der Waals surface area contributed by atoms with Gasteiger partial charge in [0.1, 0.15) is 0 Å². The highest BCUT2D eigenvalue weighted by atomic mass is 32.1. The molecule has 1 amide bonds. The second-order valence-electron chi connectivity index (χ2n) is 5.00. The van der Waals surface area contributed by atoms with Gasteiger partial charge in [0, 0.05) is 11.8 Å². The van der Waals surface area contributed by atoms with Crippen molar-refractivity contribution in [2.45, 2.75) is 6.92 Å². The Morgan fingerprint density at radius 1 is 1.12 bits per heavy atom. The molecule has 2 rings (SSSR count). The number of aromatic carboxylic acids is 1. The molecular weight excluding hydrogens is 324 g/mol. The van der Waals surface area contributed by atoms with Crippen LogP contribution < -0.4 is 15.7 Å². The zero-order valence-corrected chi connectivity index (χ0v) is 13.7. The van der Waals surface area contributed by atoms with Crippen molar-refractivity contribution in [1.82, 2.24) is 5.32 Å². The van der Waals surface area contributed by atoms with Crippen molar-refractivity contribution in [1.29, 1.82) is 0 Å². The number of thiocarbonyl (C=S) groups is 1. The van der Waals surface area contributed by atoms with Crippen molar-refractivity contribution in [2.24, 2.45) is 0 Å². The molecule has 24 heavy (non-hydrogen) atoms. The molecule has 0 aliphatic carbocycles. The molecule has 0 heterocycles. The van der Waals surface area contributed by atoms with Crippen molar-refractivity contribution in [3.63, 3.8) is 0 Å². The minimum atomic E-state index is -1.28. The Balaban J connectivity index is 1.98. The number of rotatable bonds is 4. The van der Waals surface area contributed by atoms with Gasteiger partial charge >= 0.3 is 0 Å². The predicted molar refractivity (Wildman–Crippen MR) is 95.3 cm³/mol. The van der Waals surface area contributed by atoms with E-state index in [0.29, 0.717) is 5.69 Å². The average molecular weight is 339 g/mol. The Morgan fingerprint density at radius 2 is 1.83 bits per heavy atom. The second-order valence-corrected chi connectivity index (χ2v) is 5.41. The zero-order valence-electron chi connectivity index (χ0n) is 12.9. The zero-order chi connectivity index (χ0) is 17.5. The fourth-order valence-electron chi connectivity index (χ4n) is 1.93. The fraction of sp³-hybridized carbons (Fsp3) is 0.0556. The summed E-state index contributed by atoms with van der Waals surface area (Å²) in [6.07, 6.45) is 3.04. The third-order valence-electron chi connectivity index (χ3n) is 3.18. The van der Waals surface area contributed by atoms with Crippen LogP contribution in [-0.4, -0.2) is 17.0 Å². The first-order valence-electron chi connectivity index (χ1n) is 7.13. The first-order valence-corrected chi connectivity index (χ1v) is 7.53. The lowest BCUT2D eigenvalue weighted by Crippen LogP contribution is -2.33. The molecule has 0 bridgehead atoms. The molecule has 0 unspecified atom stereocenters. The van der Waals surface area contributed by atoms with E-state index in [2.05, 4.69) is 10.6 Å². The van der Waals surface area contributed by atoms with Gasteiger partial charge in [-0.25, -0.2) is 0 Å². The lowest BCUT2D eigenvalue weighted by atomic mass is 10.1. The van der Waals surface area contributed by atoms with Crippen molar-refractivity contribution >= 4 is 41.0 Å². The number of carbonyl (C=O) groups excluding carboxylic acids is 2. The molecule has 6 heteroatoms. The van der Waals surface area contributed by atoms with Gasteiger partial charge in [0.25, 0.3) is 0 Å². The summed E-state index contributed by atoms with van der Waals surface area (Å²) >= 11 is 5.07. The van der Waals surface area contributed by atoms with E-state index in [9.17, 15) is 14.7 Å². The van der Waals surface area contributed by atoms with Gasteiger partial charge in [0.2, 0.25) is 5.91 Å². The Hall–Kier alpha value is -2.99. The van der Waals surface area contributed by atoms with Crippen LogP contribution in [0.4, 0.5) is 5.69 Å². The lowest BCUT2D eigenvalue weighted by Gasteiger charge is -2.13. The molecule has 5 nitrogen and oxygen atoms in total. The number of amides is 1. The first kappa shape index (κ1) is 17.4. The smallest absolute Gasteiger partial charge is 0.250 e. The maximum atomic E-state index is 11.8. The Bertz CT molecular complexity index is 801. The predicted octanol–water partition coefficient (Wildman–Crippen LogP) is 1.88. The van der Waals surface area contributed by atoms with Crippen LogP contribution in [0.2, 0.25) is 0 Å². The molecule has 0 aliphatic heterocycles. The minimum absolute atomic E-state index is 0.0289. The number of carbonyl (C=O) groups is 2. The van der Waals surface area contributed by atoms with Crippen LogP contribution in [0.5, 0.6) is 0 Å². The highest BCUT2D eigenvalue weighted by Gasteiger charge is 2.05. The summed E-state index contributed by atoms with van der Waals surface area (Å²) in [5.74, 6) is -1.66. The molecule has 2 aromatic carbocycles. The number of aryl methyl sites for hydroxylation is 1. The molecule has 0 saturated carbocycles. The molecule has 0 aliphatic rings. The number of benzene rings is 2. The first-order chi connectivity index (χ1) is 11.5. The summed E-state index contributed by atoms with van der Waals surface area (Å²) in [6.45, 7) is 1.79. The van der Waals surface area contributed by atoms with E-state index in [1.807, 2.05) is 30.3 Å². The maximum absolute atomic E-state index is 11.8. The van der Waals surface area contributed by atoms with Gasteiger partial charge in [-0.2, -0.15) is 0 Å². The van der Waals surface area contributed by atoms with Crippen LogP contribution in [0.1, 0.15) is 21.5 Å². The van der Waals surface area contributed by atoms with Crippen LogP contribution in [0, 0.1) is 6.92 Å². The van der Waals surface area contributed by atoms with Crippen LogP contribution in [0.15, 0.2) is 54.6 Å². The van der Waals surface area contributed by atoms with Gasteiger partial charge in [-0.1, -0.05) is 42.5 Å². The van der Waals surface area contributed by atoms with Crippen molar-refractivity contribution < 1.29 is 14.7 Å². The van der Waals surface area contributed by atoms with Crippen LogP contribution in [-0.2, 0) is 4.79 Å². The average Bonchev–Trinajstić information content (AvgIpc) is 2.55. The van der Waals surface area contributed by atoms with Crippen molar-refractivity contribution in [2.75, 3.05) is 5.32 Å². The largest absolute Gasteiger partial charge is 0.545 e. The summed E-state index contributed by atoms with van der Waals surface area (Å²) in [5.41, 5.74) is 2.20. The fourth-order valence-corrected chi connectivity index (χ4v) is 2.14. The van der Waals surface area contributed by atoms with Crippen molar-refractivity contribution in [3.8, 4) is 0 Å². The van der Waals surface area contributed by atoms with Gasteiger partial charge in [-0.15, -0.1) is 0 Å². The highest BCUT2D eigenvalue weighted by molar-refractivity contribution is 7.80. The number of hydrogen-bond acceptors (Lipinski definition) is 4. The molecule has 0 spiro atoms. The van der Waals surface area contributed by atoms with Crippen LogP contribution in [0.25, 0.3) is 6.08 Å².